The molecule has 1 saturated heterocycles. The lowest BCUT2D eigenvalue weighted by atomic mass is 9.84. The Bertz CT molecular complexity index is 384. The first-order chi connectivity index (χ1) is 7.98. The predicted molar refractivity (Wildman–Crippen MR) is 73.5 cm³/mol. The van der Waals surface area contributed by atoms with E-state index < -0.39 is 0 Å². The number of rotatable bonds is 1. The van der Waals surface area contributed by atoms with Crippen molar-refractivity contribution in [2.45, 2.75) is 39.2 Å². The van der Waals surface area contributed by atoms with Crippen LogP contribution in [-0.2, 0) is 5.41 Å². The summed E-state index contributed by atoms with van der Waals surface area (Å²) in [6.07, 6.45) is 0. The van der Waals surface area contributed by atoms with Crippen molar-refractivity contribution in [3.05, 3.63) is 34.9 Å². The Morgan fingerprint density at radius 2 is 1.94 bits per heavy atom. The molecule has 1 heterocycles. The van der Waals surface area contributed by atoms with E-state index >= 15 is 0 Å². The SMILES string of the molecule is Cc1ccc(C(C)(C)C)cc1C1CNCCN1. The van der Waals surface area contributed by atoms with Crippen molar-refractivity contribution in [2.75, 3.05) is 19.6 Å². The van der Waals surface area contributed by atoms with Crippen molar-refractivity contribution in [1.29, 1.82) is 0 Å². The fourth-order valence-corrected chi connectivity index (χ4v) is 2.36. The maximum Gasteiger partial charge on any atom is 0.0449 e. The zero-order chi connectivity index (χ0) is 12.5. The predicted octanol–water partition coefficient (Wildman–Crippen LogP) is 2.53. The second-order valence-electron chi connectivity index (χ2n) is 6.03. The van der Waals surface area contributed by atoms with E-state index in [1.54, 1.807) is 0 Å². The molecule has 1 fully saturated rings. The maximum absolute atomic E-state index is 3.59. The molecule has 1 aromatic rings. The molecule has 2 N–H and O–H groups in total. The molecule has 2 heteroatoms. The summed E-state index contributed by atoms with van der Waals surface area (Å²) in [4.78, 5) is 0. The largest absolute Gasteiger partial charge is 0.314 e. The molecule has 1 aliphatic heterocycles. The maximum atomic E-state index is 3.59. The van der Waals surface area contributed by atoms with Crippen molar-refractivity contribution in [3.63, 3.8) is 0 Å². The minimum absolute atomic E-state index is 0.227. The van der Waals surface area contributed by atoms with Gasteiger partial charge in [0.15, 0.2) is 0 Å². The molecule has 0 radical (unpaired) electrons. The van der Waals surface area contributed by atoms with Crippen LogP contribution in [0.4, 0.5) is 0 Å². The van der Waals surface area contributed by atoms with Gasteiger partial charge in [-0.1, -0.05) is 39.0 Å². The van der Waals surface area contributed by atoms with Crippen molar-refractivity contribution in [2.24, 2.45) is 0 Å². The van der Waals surface area contributed by atoms with Gasteiger partial charge < -0.3 is 10.6 Å². The third-order valence-corrected chi connectivity index (χ3v) is 3.56. The molecule has 2 nitrogen and oxygen atoms in total. The zero-order valence-electron chi connectivity index (χ0n) is 11.4. The van der Waals surface area contributed by atoms with Gasteiger partial charge >= 0.3 is 0 Å². The molecule has 2 rings (SSSR count). The average molecular weight is 232 g/mol. The van der Waals surface area contributed by atoms with Gasteiger partial charge in [0.1, 0.15) is 0 Å². The monoisotopic (exact) mass is 232 g/mol. The van der Waals surface area contributed by atoms with Crippen molar-refractivity contribution in [1.82, 2.24) is 10.6 Å². The van der Waals surface area contributed by atoms with Crippen LogP contribution in [0.5, 0.6) is 0 Å². The number of hydrogen-bond acceptors (Lipinski definition) is 2. The highest BCUT2D eigenvalue weighted by molar-refractivity contribution is 5.36. The van der Waals surface area contributed by atoms with Gasteiger partial charge in [-0.3, -0.25) is 0 Å². The average Bonchev–Trinajstić information content (AvgIpc) is 2.29. The number of nitrogens with one attached hydrogen (secondary N) is 2. The molecule has 0 aromatic heterocycles. The number of hydrogen-bond donors (Lipinski definition) is 2. The first-order valence-electron chi connectivity index (χ1n) is 6.53. The molecule has 0 bridgehead atoms. The van der Waals surface area contributed by atoms with Crippen molar-refractivity contribution >= 4 is 0 Å². The van der Waals surface area contributed by atoms with E-state index in [-0.39, 0.29) is 5.41 Å². The fourth-order valence-electron chi connectivity index (χ4n) is 2.36. The summed E-state index contributed by atoms with van der Waals surface area (Å²) in [6.45, 7) is 12.2. The Hall–Kier alpha value is -0.860. The van der Waals surface area contributed by atoms with E-state index in [1.807, 2.05) is 0 Å². The van der Waals surface area contributed by atoms with E-state index in [0.717, 1.165) is 19.6 Å². The van der Waals surface area contributed by atoms with Gasteiger partial charge in [0.25, 0.3) is 0 Å². The van der Waals surface area contributed by atoms with Gasteiger partial charge in [-0.25, -0.2) is 0 Å². The minimum Gasteiger partial charge on any atom is -0.314 e. The molecular formula is C15H24N2. The highest BCUT2D eigenvalue weighted by Crippen LogP contribution is 2.27. The molecular weight excluding hydrogens is 208 g/mol. The minimum atomic E-state index is 0.227. The van der Waals surface area contributed by atoms with Gasteiger partial charge in [-0.15, -0.1) is 0 Å². The standard InChI is InChI=1S/C15H24N2/c1-11-5-6-12(15(2,3)4)9-13(11)14-10-16-7-8-17-14/h5-6,9,14,16-17H,7-8,10H2,1-4H3. The molecule has 1 atom stereocenters. The van der Waals surface area contributed by atoms with Gasteiger partial charge in [0, 0.05) is 25.7 Å². The normalized spacial score (nSPS) is 21.5. The lowest BCUT2D eigenvalue weighted by Gasteiger charge is -2.28. The van der Waals surface area contributed by atoms with Crippen molar-refractivity contribution in [3.8, 4) is 0 Å². The molecule has 0 saturated carbocycles. The first-order valence-corrected chi connectivity index (χ1v) is 6.53. The first kappa shape index (κ1) is 12.6. The van der Waals surface area contributed by atoms with Crippen LogP contribution >= 0.6 is 0 Å². The quantitative estimate of drug-likeness (QED) is 0.777. The lowest BCUT2D eigenvalue weighted by molar-refractivity contribution is 0.428. The summed E-state index contributed by atoms with van der Waals surface area (Å²) in [7, 11) is 0. The van der Waals surface area contributed by atoms with E-state index in [0.29, 0.717) is 6.04 Å². The van der Waals surface area contributed by atoms with Crippen molar-refractivity contribution < 1.29 is 0 Å². The van der Waals surface area contributed by atoms with E-state index in [9.17, 15) is 0 Å². The summed E-state index contributed by atoms with van der Waals surface area (Å²) in [6, 6.07) is 7.35. The molecule has 94 valence electrons. The van der Waals surface area contributed by atoms with Crippen LogP contribution in [0.15, 0.2) is 18.2 Å². The molecule has 0 aliphatic carbocycles. The summed E-state index contributed by atoms with van der Waals surface area (Å²) >= 11 is 0. The summed E-state index contributed by atoms with van der Waals surface area (Å²) in [5.74, 6) is 0. The van der Waals surface area contributed by atoms with E-state index in [4.69, 9.17) is 0 Å². The fraction of sp³-hybridized carbons (Fsp3) is 0.600. The second kappa shape index (κ2) is 4.79. The zero-order valence-corrected chi connectivity index (χ0v) is 11.4. The molecule has 0 amide bonds. The van der Waals surface area contributed by atoms with Gasteiger partial charge in [0.2, 0.25) is 0 Å². The Morgan fingerprint density at radius 3 is 2.53 bits per heavy atom. The molecule has 17 heavy (non-hydrogen) atoms. The third kappa shape index (κ3) is 2.88. The molecule has 1 unspecified atom stereocenters. The Balaban J connectivity index is 2.31. The van der Waals surface area contributed by atoms with Gasteiger partial charge in [0.05, 0.1) is 0 Å². The highest BCUT2D eigenvalue weighted by atomic mass is 15.1. The third-order valence-electron chi connectivity index (χ3n) is 3.56. The highest BCUT2D eigenvalue weighted by Gasteiger charge is 2.20. The summed E-state index contributed by atoms with van der Waals surface area (Å²) < 4.78 is 0. The van der Waals surface area contributed by atoms with Crippen LogP contribution in [0.1, 0.15) is 43.5 Å². The van der Waals surface area contributed by atoms with Crippen LogP contribution in [0.25, 0.3) is 0 Å². The van der Waals surface area contributed by atoms with Crippen LogP contribution in [-0.4, -0.2) is 19.6 Å². The topological polar surface area (TPSA) is 24.1 Å². The molecule has 1 aromatic carbocycles. The van der Waals surface area contributed by atoms with E-state index in [2.05, 4.69) is 56.5 Å². The number of aryl methyl sites for hydroxylation is 1. The second-order valence-corrected chi connectivity index (χ2v) is 6.03. The van der Waals surface area contributed by atoms with Crippen LogP contribution in [0.2, 0.25) is 0 Å². The molecule has 1 aliphatic rings. The van der Waals surface area contributed by atoms with Gasteiger partial charge in [-0.05, 0) is 29.0 Å². The number of benzene rings is 1. The molecule has 0 spiro atoms. The van der Waals surface area contributed by atoms with Crippen LogP contribution < -0.4 is 10.6 Å². The number of piperazine rings is 1. The Labute approximate surface area is 105 Å². The Morgan fingerprint density at radius 1 is 1.18 bits per heavy atom. The smallest absolute Gasteiger partial charge is 0.0449 e. The summed E-state index contributed by atoms with van der Waals surface area (Å²) in [5, 5.41) is 7.05. The summed E-state index contributed by atoms with van der Waals surface area (Å²) in [5.41, 5.74) is 4.49. The van der Waals surface area contributed by atoms with Crippen LogP contribution in [0.3, 0.4) is 0 Å². The van der Waals surface area contributed by atoms with Gasteiger partial charge in [-0.2, -0.15) is 0 Å². The van der Waals surface area contributed by atoms with Crippen LogP contribution in [0, 0.1) is 6.92 Å². The Kier molecular flexibility index (Phi) is 3.55. The lowest BCUT2D eigenvalue weighted by Crippen LogP contribution is -2.43. The van der Waals surface area contributed by atoms with E-state index in [1.165, 1.54) is 16.7 Å².